The van der Waals surface area contributed by atoms with Crippen LogP contribution in [0.3, 0.4) is 0 Å². The van der Waals surface area contributed by atoms with Crippen molar-refractivity contribution < 1.29 is 0 Å². The Hall–Kier alpha value is -1.18. The molecular formula is C10H8N2S2. The molecule has 0 bridgehead atoms. The lowest BCUT2D eigenvalue weighted by Crippen LogP contribution is -1.79. The molecule has 0 aromatic heterocycles. The number of isothiocyanates is 2. The summed E-state index contributed by atoms with van der Waals surface area (Å²) in [5, 5.41) is 4.69. The summed E-state index contributed by atoms with van der Waals surface area (Å²) in [6, 6.07) is 3.81. The molecule has 0 aliphatic carbocycles. The molecule has 1 aromatic carbocycles. The highest BCUT2D eigenvalue weighted by molar-refractivity contribution is 7.78. The van der Waals surface area contributed by atoms with Crippen molar-refractivity contribution in [3.05, 3.63) is 23.3 Å². The number of hydrogen-bond acceptors (Lipinski definition) is 4. The zero-order valence-electron chi connectivity index (χ0n) is 7.87. The van der Waals surface area contributed by atoms with Crippen molar-refractivity contribution in [2.75, 3.05) is 0 Å². The molecule has 1 rings (SSSR count). The third-order valence-electron chi connectivity index (χ3n) is 1.85. The van der Waals surface area contributed by atoms with E-state index in [9.17, 15) is 0 Å². The molecule has 1 aromatic rings. The Kier molecular flexibility index (Phi) is 3.81. The molecule has 70 valence electrons. The highest BCUT2D eigenvalue weighted by Gasteiger charge is 2.01. The minimum absolute atomic E-state index is 0.820. The second-order valence-electron chi connectivity index (χ2n) is 2.83. The Labute approximate surface area is 93.4 Å². The van der Waals surface area contributed by atoms with Crippen molar-refractivity contribution in [1.82, 2.24) is 0 Å². The number of rotatable bonds is 2. The quantitative estimate of drug-likeness (QED) is 0.560. The normalized spacial score (nSPS) is 8.71. The zero-order chi connectivity index (χ0) is 10.6. The van der Waals surface area contributed by atoms with Gasteiger partial charge in [0, 0.05) is 0 Å². The first-order chi connectivity index (χ1) is 6.69. The first-order valence-corrected chi connectivity index (χ1v) is 4.77. The van der Waals surface area contributed by atoms with Crippen LogP contribution in [0.2, 0.25) is 0 Å². The fourth-order valence-electron chi connectivity index (χ4n) is 1.12. The first kappa shape index (κ1) is 10.9. The minimum Gasteiger partial charge on any atom is -0.194 e. The van der Waals surface area contributed by atoms with E-state index < -0.39 is 0 Å². The minimum atomic E-state index is 0.820. The van der Waals surface area contributed by atoms with Crippen LogP contribution in [0.4, 0.5) is 11.4 Å². The van der Waals surface area contributed by atoms with Gasteiger partial charge in [-0.05, 0) is 61.5 Å². The Morgan fingerprint density at radius 1 is 0.929 bits per heavy atom. The molecule has 0 aliphatic rings. The van der Waals surface area contributed by atoms with E-state index in [0.717, 1.165) is 22.5 Å². The average molecular weight is 220 g/mol. The van der Waals surface area contributed by atoms with E-state index in [1.807, 2.05) is 26.0 Å². The molecule has 0 spiro atoms. The summed E-state index contributed by atoms with van der Waals surface area (Å²) in [7, 11) is 0. The molecule has 0 N–H and O–H groups in total. The number of aliphatic imine (C=N–C) groups is 2. The summed E-state index contributed by atoms with van der Waals surface area (Å²) < 4.78 is 0. The van der Waals surface area contributed by atoms with Gasteiger partial charge in [-0.2, -0.15) is 9.98 Å². The van der Waals surface area contributed by atoms with Crippen molar-refractivity contribution >= 4 is 46.1 Å². The Morgan fingerprint density at radius 3 is 1.57 bits per heavy atom. The molecule has 0 saturated carbocycles. The molecule has 0 unspecified atom stereocenters. The number of hydrogen-bond donors (Lipinski definition) is 0. The van der Waals surface area contributed by atoms with Crippen molar-refractivity contribution in [1.29, 1.82) is 0 Å². The van der Waals surface area contributed by atoms with Crippen LogP contribution in [0.1, 0.15) is 11.1 Å². The number of thiocarbonyl (C=S) groups is 2. The molecule has 0 saturated heterocycles. The van der Waals surface area contributed by atoms with E-state index >= 15 is 0 Å². The van der Waals surface area contributed by atoms with Crippen LogP contribution >= 0.6 is 24.4 Å². The summed E-state index contributed by atoms with van der Waals surface area (Å²) in [6.45, 7) is 3.88. The van der Waals surface area contributed by atoms with Gasteiger partial charge in [0.05, 0.1) is 21.7 Å². The van der Waals surface area contributed by atoms with Crippen LogP contribution in [-0.4, -0.2) is 10.3 Å². The van der Waals surface area contributed by atoms with Crippen LogP contribution in [0.15, 0.2) is 22.1 Å². The van der Waals surface area contributed by atoms with Crippen LogP contribution < -0.4 is 0 Å². The zero-order valence-corrected chi connectivity index (χ0v) is 9.50. The largest absolute Gasteiger partial charge is 0.194 e. The predicted octanol–water partition coefficient (Wildman–Crippen LogP) is 3.77. The van der Waals surface area contributed by atoms with Gasteiger partial charge in [0.2, 0.25) is 0 Å². The van der Waals surface area contributed by atoms with Crippen molar-refractivity contribution in [3.8, 4) is 0 Å². The lowest BCUT2D eigenvalue weighted by Gasteiger charge is -2.03. The summed E-state index contributed by atoms with van der Waals surface area (Å²) in [6.07, 6.45) is 0. The van der Waals surface area contributed by atoms with E-state index in [1.165, 1.54) is 0 Å². The van der Waals surface area contributed by atoms with Crippen LogP contribution in [0.25, 0.3) is 0 Å². The third-order valence-corrected chi connectivity index (χ3v) is 2.03. The van der Waals surface area contributed by atoms with Crippen molar-refractivity contribution in [2.24, 2.45) is 9.98 Å². The Bertz CT molecular complexity index is 410. The molecule has 0 aliphatic heterocycles. The monoisotopic (exact) mass is 220 g/mol. The van der Waals surface area contributed by atoms with E-state index in [1.54, 1.807) is 0 Å². The van der Waals surface area contributed by atoms with Gasteiger partial charge in [-0.1, -0.05) is 0 Å². The summed E-state index contributed by atoms with van der Waals surface area (Å²) in [5.41, 5.74) is 3.63. The smallest absolute Gasteiger partial charge is 0.0772 e. The molecule has 0 fully saturated rings. The van der Waals surface area contributed by atoms with Gasteiger partial charge in [-0.25, -0.2) is 0 Å². The fraction of sp³-hybridized carbons (Fsp3) is 0.200. The highest BCUT2D eigenvalue weighted by Crippen LogP contribution is 2.27. The maximum Gasteiger partial charge on any atom is 0.0772 e. The second-order valence-corrected chi connectivity index (χ2v) is 3.20. The molecule has 0 heterocycles. The van der Waals surface area contributed by atoms with Gasteiger partial charge < -0.3 is 0 Å². The average Bonchev–Trinajstić information content (AvgIpc) is 2.14. The molecule has 14 heavy (non-hydrogen) atoms. The Morgan fingerprint density at radius 2 is 1.29 bits per heavy atom. The van der Waals surface area contributed by atoms with Gasteiger partial charge in [0.25, 0.3) is 0 Å². The summed E-state index contributed by atoms with van der Waals surface area (Å²) >= 11 is 9.10. The summed E-state index contributed by atoms with van der Waals surface area (Å²) in [4.78, 5) is 7.89. The van der Waals surface area contributed by atoms with Gasteiger partial charge >= 0.3 is 0 Å². The lowest BCUT2D eigenvalue weighted by atomic mass is 10.1. The van der Waals surface area contributed by atoms with Gasteiger partial charge in [-0.15, -0.1) is 0 Å². The molecule has 0 radical (unpaired) electrons. The fourth-order valence-corrected chi connectivity index (χ4v) is 1.32. The number of aryl methyl sites for hydroxylation is 2. The van der Waals surface area contributed by atoms with Crippen molar-refractivity contribution in [3.63, 3.8) is 0 Å². The van der Waals surface area contributed by atoms with E-state index in [2.05, 4.69) is 44.7 Å². The molecule has 4 heteroatoms. The number of nitrogens with zero attached hydrogens (tertiary/aromatic N) is 2. The third kappa shape index (κ3) is 2.41. The molecular weight excluding hydrogens is 212 g/mol. The van der Waals surface area contributed by atoms with E-state index in [4.69, 9.17) is 0 Å². The van der Waals surface area contributed by atoms with Crippen LogP contribution in [0, 0.1) is 13.8 Å². The summed E-state index contributed by atoms with van der Waals surface area (Å²) in [5.74, 6) is 0. The van der Waals surface area contributed by atoms with Gasteiger partial charge in [0.1, 0.15) is 0 Å². The predicted molar refractivity (Wildman–Crippen MR) is 65.3 cm³/mol. The standard InChI is InChI=1S/C10H8N2S2/c1-7-3-10(12-6-14)8(2)4-9(7)11-5-13/h3-4H,1-2H3. The first-order valence-electron chi connectivity index (χ1n) is 3.96. The van der Waals surface area contributed by atoms with Gasteiger partial charge in [-0.3, -0.25) is 0 Å². The SMILES string of the molecule is Cc1cc(N=C=S)c(C)cc1N=C=S. The van der Waals surface area contributed by atoms with Crippen molar-refractivity contribution in [2.45, 2.75) is 13.8 Å². The topological polar surface area (TPSA) is 24.7 Å². The highest BCUT2D eigenvalue weighted by atomic mass is 32.1. The lowest BCUT2D eigenvalue weighted by molar-refractivity contribution is 1.33. The maximum absolute atomic E-state index is 4.55. The molecule has 2 nitrogen and oxygen atoms in total. The second kappa shape index (κ2) is 4.89. The number of benzene rings is 1. The molecule has 0 atom stereocenters. The van der Waals surface area contributed by atoms with E-state index in [-0.39, 0.29) is 0 Å². The van der Waals surface area contributed by atoms with Crippen LogP contribution in [0.5, 0.6) is 0 Å². The maximum atomic E-state index is 4.55. The molecule has 0 amide bonds. The van der Waals surface area contributed by atoms with E-state index in [0.29, 0.717) is 0 Å². The Balaban J connectivity index is 3.37. The van der Waals surface area contributed by atoms with Gasteiger partial charge in [0.15, 0.2) is 0 Å². The van der Waals surface area contributed by atoms with Crippen LogP contribution in [-0.2, 0) is 0 Å².